The molecular weight excluding hydrogens is 741 g/mol. The van der Waals surface area contributed by atoms with E-state index in [2.05, 4.69) is 50.1 Å². The van der Waals surface area contributed by atoms with E-state index in [4.69, 9.17) is 16.2 Å². The monoisotopic (exact) mass is 800 g/mol. The van der Waals surface area contributed by atoms with Gasteiger partial charge in [-0.3, -0.25) is 24.4 Å². The van der Waals surface area contributed by atoms with Crippen molar-refractivity contribution in [2.45, 2.75) is 110 Å². The predicted octanol–water partition coefficient (Wildman–Crippen LogP) is 6.74. The maximum atomic E-state index is 13.1. The fourth-order valence-corrected chi connectivity index (χ4v) is 8.76. The summed E-state index contributed by atoms with van der Waals surface area (Å²) < 4.78 is 9.05. The molecule has 0 atom stereocenters. The number of hydrogen-bond donors (Lipinski definition) is 4. The van der Waals surface area contributed by atoms with Gasteiger partial charge in [0, 0.05) is 75.3 Å². The van der Waals surface area contributed by atoms with E-state index in [9.17, 15) is 19.2 Å². The Kier molecular flexibility index (Phi) is 13.9. The molecule has 3 amide bonds. The van der Waals surface area contributed by atoms with Crippen LogP contribution in [0.1, 0.15) is 96.1 Å². The molecular formula is C43H60N6O7Si. The highest BCUT2D eigenvalue weighted by atomic mass is 28.4. The van der Waals surface area contributed by atoms with Crippen LogP contribution in [0.2, 0.25) is 19.6 Å². The Morgan fingerprint density at radius 3 is 1.53 bits per heavy atom. The minimum absolute atomic E-state index is 0.124. The highest BCUT2D eigenvalue weighted by Crippen LogP contribution is 2.33. The van der Waals surface area contributed by atoms with E-state index in [1.807, 2.05) is 41.8 Å². The number of aromatic nitrogens is 2. The summed E-state index contributed by atoms with van der Waals surface area (Å²) >= 11 is 0. The highest BCUT2D eigenvalue weighted by Gasteiger charge is 2.29. The maximum Gasteiger partial charge on any atom is 0.303 e. The fourth-order valence-electron chi connectivity index (χ4n) is 8.76. The largest absolute Gasteiger partial charge is 0.481 e. The number of carbonyl (C=O) groups excluding carboxylic acids is 3. The first kappa shape index (κ1) is 42.1. The van der Waals surface area contributed by atoms with Gasteiger partial charge in [0.1, 0.15) is 0 Å². The number of carbonyl (C=O) groups is 4. The first-order valence-electron chi connectivity index (χ1n) is 20.7. The topological polar surface area (TPSA) is 172 Å². The summed E-state index contributed by atoms with van der Waals surface area (Å²) in [5.41, 5.74) is 8.47. The number of piperidine rings is 2. The molecule has 0 saturated carbocycles. The Hall–Kier alpha value is -4.50. The van der Waals surface area contributed by atoms with Gasteiger partial charge in [0.15, 0.2) is 0 Å². The van der Waals surface area contributed by atoms with Crippen LogP contribution < -0.4 is 11.4 Å². The van der Waals surface area contributed by atoms with Crippen LogP contribution in [0.5, 0.6) is 0 Å². The molecule has 4 aliphatic rings. The van der Waals surface area contributed by atoms with Gasteiger partial charge >= 0.3 is 5.97 Å². The fraction of sp³-hybridized carbons (Fsp3) is 0.535. The molecule has 2 aromatic carbocycles. The number of benzene rings is 2. The molecule has 4 aliphatic heterocycles. The van der Waals surface area contributed by atoms with Gasteiger partial charge in [-0.25, -0.2) is 11.4 Å². The Labute approximate surface area is 336 Å². The Morgan fingerprint density at radius 1 is 0.719 bits per heavy atom. The van der Waals surface area contributed by atoms with Crippen LogP contribution in [-0.2, 0) is 40.0 Å². The minimum Gasteiger partial charge on any atom is -0.481 e. The van der Waals surface area contributed by atoms with E-state index >= 15 is 0 Å². The lowest BCUT2D eigenvalue weighted by Gasteiger charge is -2.31. The third-order valence-corrected chi connectivity index (χ3v) is 12.6. The molecule has 14 heteroatoms. The van der Waals surface area contributed by atoms with Gasteiger partial charge in [0.2, 0.25) is 14.2 Å². The van der Waals surface area contributed by atoms with Crippen molar-refractivity contribution in [3.05, 3.63) is 71.0 Å². The molecule has 2 fully saturated rings. The van der Waals surface area contributed by atoms with E-state index in [1.165, 1.54) is 22.2 Å². The van der Waals surface area contributed by atoms with Crippen molar-refractivity contribution in [2.24, 2.45) is 17.7 Å². The number of rotatable bonds is 9. The van der Waals surface area contributed by atoms with Crippen molar-refractivity contribution in [3.63, 3.8) is 0 Å². The standard InChI is InChI=1S/C20H25N3O3.C20H24N2O3.C3H11NOSi/c24-18(21-26)7-6-14-8-11-22(12-9-14)20(25)17-13-23-10-2-4-15-3-1-5-16(17)19(15)23;23-18(24)7-6-14-8-11-21(12-9-14)20(25)17-13-22-10-2-4-15-3-1-5-16(17)19(15)22;1-6(2,3)5-4/h1,3,5,13-14,26H,2,4,6-12H2,(H,21,24);1,3,5,13-14H,2,4,6-12H2,(H,23,24);4H2,1-3H3. The molecule has 6 heterocycles. The van der Waals surface area contributed by atoms with Gasteiger partial charge < -0.3 is 28.6 Å². The van der Waals surface area contributed by atoms with Crippen LogP contribution in [0.4, 0.5) is 0 Å². The number of carboxylic acid groups (broad SMARTS) is 1. The Morgan fingerprint density at radius 2 is 1.14 bits per heavy atom. The van der Waals surface area contributed by atoms with Gasteiger partial charge in [-0.15, -0.1) is 0 Å². The van der Waals surface area contributed by atoms with E-state index in [1.54, 1.807) is 5.48 Å². The number of hydrogen-bond acceptors (Lipinski definition) is 7. The molecule has 57 heavy (non-hydrogen) atoms. The smallest absolute Gasteiger partial charge is 0.303 e. The van der Waals surface area contributed by atoms with Gasteiger partial charge in [-0.05, 0) is 107 Å². The molecule has 0 bridgehead atoms. The van der Waals surface area contributed by atoms with Crippen LogP contribution in [0, 0.1) is 11.8 Å². The van der Waals surface area contributed by atoms with E-state index in [0.29, 0.717) is 18.3 Å². The zero-order chi connectivity index (χ0) is 40.7. The summed E-state index contributed by atoms with van der Waals surface area (Å²) in [6.45, 7) is 11.0. The SMILES string of the molecule is C[Si](C)(C)ON.O=C(CCC1CCN(C(=O)c2cn3c4c(cccc24)CCC3)CC1)NO.O=C(O)CCC1CCN(C(=O)c2cn3c4c(cccc24)CCC3)CC1. The van der Waals surface area contributed by atoms with Crippen LogP contribution in [0.3, 0.4) is 0 Å². The number of hydroxylamine groups is 1. The molecule has 4 aromatic rings. The van der Waals surface area contributed by atoms with E-state index in [-0.39, 0.29) is 24.1 Å². The molecule has 0 aliphatic carbocycles. The minimum atomic E-state index is -1.35. The number of likely N-dealkylation sites (tertiary alicyclic amines) is 2. The quantitative estimate of drug-likeness (QED) is 0.0819. The lowest BCUT2D eigenvalue weighted by atomic mass is 9.91. The Balaban J connectivity index is 0.000000169. The lowest BCUT2D eigenvalue weighted by molar-refractivity contribution is -0.137. The average Bonchev–Trinajstić information content (AvgIpc) is 3.80. The number of para-hydroxylation sites is 2. The van der Waals surface area contributed by atoms with Crippen molar-refractivity contribution in [1.29, 1.82) is 0 Å². The molecule has 13 nitrogen and oxygen atoms in total. The van der Waals surface area contributed by atoms with Crippen molar-refractivity contribution in [1.82, 2.24) is 24.4 Å². The molecule has 8 rings (SSSR count). The maximum absolute atomic E-state index is 13.1. The zero-order valence-corrected chi connectivity index (χ0v) is 34.8. The second-order valence-corrected chi connectivity index (χ2v) is 21.5. The summed E-state index contributed by atoms with van der Waals surface area (Å²) in [7, 11) is -1.35. The second kappa shape index (κ2) is 18.8. The first-order chi connectivity index (χ1) is 27.4. The normalized spacial score (nSPS) is 17.1. The summed E-state index contributed by atoms with van der Waals surface area (Å²) in [6.07, 6.45) is 14.2. The number of amides is 3. The molecule has 5 N–H and O–H groups in total. The molecule has 2 aromatic heterocycles. The van der Waals surface area contributed by atoms with Gasteiger partial charge in [-0.1, -0.05) is 36.4 Å². The van der Waals surface area contributed by atoms with Crippen molar-refractivity contribution in [2.75, 3.05) is 26.2 Å². The summed E-state index contributed by atoms with van der Waals surface area (Å²) in [5, 5.41) is 19.6. The summed E-state index contributed by atoms with van der Waals surface area (Å²) in [4.78, 5) is 52.0. The predicted molar refractivity (Wildman–Crippen MR) is 222 cm³/mol. The lowest BCUT2D eigenvalue weighted by Crippen LogP contribution is -2.38. The van der Waals surface area contributed by atoms with Crippen molar-refractivity contribution >= 4 is 53.8 Å². The van der Waals surface area contributed by atoms with Crippen molar-refractivity contribution in [3.8, 4) is 0 Å². The number of nitrogens with one attached hydrogen (secondary N) is 1. The highest BCUT2D eigenvalue weighted by molar-refractivity contribution is 6.69. The van der Waals surface area contributed by atoms with Gasteiger partial charge in [0.05, 0.1) is 22.2 Å². The summed E-state index contributed by atoms with van der Waals surface area (Å²) in [6, 6.07) is 12.6. The third-order valence-electron chi connectivity index (χ3n) is 11.9. The molecule has 0 spiro atoms. The average molecular weight is 801 g/mol. The van der Waals surface area contributed by atoms with Gasteiger partial charge in [0.25, 0.3) is 11.8 Å². The molecule has 2 saturated heterocycles. The van der Waals surface area contributed by atoms with Crippen LogP contribution in [-0.4, -0.2) is 87.4 Å². The third kappa shape index (κ3) is 10.3. The molecule has 0 unspecified atom stereocenters. The zero-order valence-electron chi connectivity index (χ0n) is 33.8. The van der Waals surface area contributed by atoms with E-state index in [0.717, 1.165) is 125 Å². The molecule has 0 radical (unpaired) electrons. The second-order valence-electron chi connectivity index (χ2n) is 17.0. The number of aryl methyl sites for hydroxylation is 4. The van der Waals surface area contributed by atoms with Crippen LogP contribution in [0.25, 0.3) is 21.8 Å². The first-order valence-corrected chi connectivity index (χ1v) is 24.1. The number of nitrogens with zero attached hydrogens (tertiary/aromatic N) is 4. The van der Waals surface area contributed by atoms with Crippen LogP contribution in [0.15, 0.2) is 48.8 Å². The van der Waals surface area contributed by atoms with Crippen LogP contribution >= 0.6 is 0 Å². The van der Waals surface area contributed by atoms with E-state index < -0.39 is 14.3 Å². The Bertz CT molecular complexity index is 2050. The van der Waals surface area contributed by atoms with Crippen molar-refractivity contribution < 1.29 is 34.0 Å². The number of carboxylic acids is 1. The van der Waals surface area contributed by atoms with Gasteiger partial charge in [-0.2, -0.15) is 0 Å². The number of nitrogens with two attached hydrogens (primary N) is 1. The molecule has 308 valence electrons. The summed E-state index contributed by atoms with van der Waals surface area (Å²) in [5.74, 6) is 4.91. The number of aliphatic carboxylic acids is 1.